The third kappa shape index (κ3) is 3.27. The van der Waals surface area contributed by atoms with E-state index in [4.69, 9.17) is 14.5 Å². The van der Waals surface area contributed by atoms with E-state index >= 15 is 0 Å². The first-order valence-corrected chi connectivity index (χ1v) is 8.59. The third-order valence-corrected chi connectivity index (χ3v) is 4.40. The molecule has 4 aromatic rings. The molecule has 4 rings (SSSR count). The Kier molecular flexibility index (Phi) is 4.58. The van der Waals surface area contributed by atoms with Gasteiger partial charge < -0.3 is 9.47 Å². The van der Waals surface area contributed by atoms with Crippen LogP contribution in [0.3, 0.4) is 0 Å². The van der Waals surface area contributed by atoms with Gasteiger partial charge in [0.25, 0.3) is 0 Å². The zero-order valence-corrected chi connectivity index (χ0v) is 15.1. The highest BCUT2D eigenvalue weighted by molar-refractivity contribution is 6.07. The van der Waals surface area contributed by atoms with E-state index in [1.165, 1.54) is 0 Å². The largest absolute Gasteiger partial charge is 0.497 e. The minimum atomic E-state index is 0.728. The summed E-state index contributed by atoms with van der Waals surface area (Å²) in [5.41, 5.74) is 6.80. The number of benzene rings is 3. The zero-order valence-electron chi connectivity index (χ0n) is 15.1. The maximum Gasteiger partial charge on any atom is 0.127 e. The summed E-state index contributed by atoms with van der Waals surface area (Å²) in [4.78, 5) is 4.73. The molecule has 0 aliphatic carbocycles. The van der Waals surface area contributed by atoms with Crippen LogP contribution < -0.4 is 14.9 Å². The number of fused-ring (bicyclic) bond motifs is 2. The van der Waals surface area contributed by atoms with E-state index in [0.29, 0.717) is 0 Å². The lowest BCUT2D eigenvalue weighted by Gasteiger charge is -2.10. The van der Waals surface area contributed by atoms with Gasteiger partial charge in [-0.25, -0.2) is 4.98 Å². The van der Waals surface area contributed by atoms with Crippen LogP contribution >= 0.6 is 0 Å². The summed E-state index contributed by atoms with van der Waals surface area (Å²) in [6.07, 6.45) is 1.73. The predicted octanol–water partition coefficient (Wildman–Crippen LogP) is 4.85. The van der Waals surface area contributed by atoms with Crippen molar-refractivity contribution >= 4 is 33.7 Å². The minimum absolute atomic E-state index is 0.728. The smallest absolute Gasteiger partial charge is 0.127 e. The average Bonchev–Trinajstić information content (AvgIpc) is 2.73. The summed E-state index contributed by atoms with van der Waals surface area (Å²) in [6.45, 7) is 0. The fraction of sp³-hybridized carbons (Fsp3) is 0.0909. The van der Waals surface area contributed by atoms with E-state index in [9.17, 15) is 0 Å². The van der Waals surface area contributed by atoms with Crippen LogP contribution in [-0.4, -0.2) is 25.4 Å². The number of rotatable bonds is 5. The molecule has 3 aromatic carbocycles. The molecule has 0 amide bonds. The summed E-state index contributed by atoms with van der Waals surface area (Å²) in [5, 5.41) is 6.50. The molecule has 5 heteroatoms. The molecular formula is C22H19N3O2. The van der Waals surface area contributed by atoms with Gasteiger partial charge in [0, 0.05) is 16.3 Å². The number of ether oxygens (including phenoxy) is 2. The molecule has 0 aliphatic heterocycles. The SMILES string of the molecule is COc1ccc(OC)c(/C=N/Nc2c3ccccc3nc3ccccc23)c1. The van der Waals surface area contributed by atoms with Crippen LogP contribution in [-0.2, 0) is 0 Å². The van der Waals surface area contributed by atoms with Crippen LogP contribution in [0.15, 0.2) is 71.8 Å². The van der Waals surface area contributed by atoms with Crippen LogP contribution in [0.1, 0.15) is 5.56 Å². The van der Waals surface area contributed by atoms with Crippen molar-refractivity contribution in [1.29, 1.82) is 0 Å². The van der Waals surface area contributed by atoms with Crippen LogP contribution in [0.2, 0.25) is 0 Å². The molecule has 134 valence electrons. The highest BCUT2D eigenvalue weighted by Gasteiger charge is 2.08. The number of hydrazone groups is 1. The Morgan fingerprint density at radius 1 is 0.852 bits per heavy atom. The van der Waals surface area contributed by atoms with E-state index in [1.807, 2.05) is 66.7 Å². The number of hydrogen-bond acceptors (Lipinski definition) is 5. The Balaban J connectivity index is 1.76. The van der Waals surface area contributed by atoms with Crippen molar-refractivity contribution in [2.45, 2.75) is 0 Å². The van der Waals surface area contributed by atoms with Gasteiger partial charge in [0.05, 0.1) is 37.2 Å². The van der Waals surface area contributed by atoms with Gasteiger partial charge in [-0.15, -0.1) is 0 Å². The number of hydrogen-bond donors (Lipinski definition) is 1. The molecule has 0 saturated carbocycles. The lowest BCUT2D eigenvalue weighted by Crippen LogP contribution is -1.97. The second-order valence-electron chi connectivity index (χ2n) is 6.00. The van der Waals surface area contributed by atoms with E-state index in [2.05, 4.69) is 10.5 Å². The molecule has 0 unspecified atom stereocenters. The number of pyridine rings is 1. The van der Waals surface area contributed by atoms with Crippen molar-refractivity contribution in [3.63, 3.8) is 0 Å². The summed E-state index contributed by atoms with van der Waals surface area (Å²) in [5.74, 6) is 1.47. The van der Waals surface area contributed by atoms with Crippen LogP contribution in [0.4, 0.5) is 5.69 Å². The Bertz CT molecular complexity index is 1080. The third-order valence-electron chi connectivity index (χ3n) is 4.40. The number of nitrogens with one attached hydrogen (secondary N) is 1. The lowest BCUT2D eigenvalue weighted by molar-refractivity contribution is 0.402. The van der Waals surface area contributed by atoms with E-state index in [-0.39, 0.29) is 0 Å². The Hall–Kier alpha value is -3.60. The average molecular weight is 357 g/mol. The molecule has 0 aliphatic rings. The number of methoxy groups -OCH3 is 2. The molecule has 0 spiro atoms. The van der Waals surface area contributed by atoms with Crippen molar-refractivity contribution in [2.75, 3.05) is 19.6 Å². The number of aromatic nitrogens is 1. The van der Waals surface area contributed by atoms with Crippen LogP contribution in [0, 0.1) is 0 Å². The fourth-order valence-electron chi connectivity index (χ4n) is 3.07. The molecule has 27 heavy (non-hydrogen) atoms. The fourth-order valence-corrected chi connectivity index (χ4v) is 3.07. The molecule has 0 radical (unpaired) electrons. The lowest BCUT2D eigenvalue weighted by atomic mass is 10.1. The van der Waals surface area contributed by atoms with E-state index < -0.39 is 0 Å². The van der Waals surface area contributed by atoms with Crippen LogP contribution in [0.5, 0.6) is 11.5 Å². The van der Waals surface area contributed by atoms with Crippen molar-refractivity contribution < 1.29 is 9.47 Å². The van der Waals surface area contributed by atoms with Crippen LogP contribution in [0.25, 0.3) is 21.8 Å². The molecule has 1 heterocycles. The molecule has 1 aromatic heterocycles. The summed E-state index contributed by atoms with van der Waals surface area (Å²) in [7, 11) is 3.27. The Labute approximate surface area is 157 Å². The second-order valence-corrected chi connectivity index (χ2v) is 6.00. The van der Waals surface area contributed by atoms with Gasteiger partial charge in [-0.1, -0.05) is 36.4 Å². The van der Waals surface area contributed by atoms with Gasteiger partial charge in [0.2, 0.25) is 0 Å². The second kappa shape index (κ2) is 7.33. The molecule has 0 fully saturated rings. The number of anilines is 1. The van der Waals surface area contributed by atoms with Gasteiger partial charge in [0.15, 0.2) is 0 Å². The van der Waals surface area contributed by atoms with Gasteiger partial charge in [0.1, 0.15) is 11.5 Å². The molecule has 5 nitrogen and oxygen atoms in total. The molecule has 1 N–H and O–H groups in total. The van der Waals surface area contributed by atoms with Crippen molar-refractivity contribution in [2.24, 2.45) is 5.10 Å². The van der Waals surface area contributed by atoms with Gasteiger partial charge in [-0.3, -0.25) is 5.43 Å². The maximum absolute atomic E-state index is 5.40. The standard InChI is InChI=1S/C22H19N3O2/c1-26-16-11-12-21(27-2)15(13-16)14-23-25-22-17-7-3-5-9-19(17)24-20-10-6-4-8-18(20)22/h3-14H,1-2H3,(H,24,25)/b23-14+. The monoisotopic (exact) mass is 357 g/mol. The van der Waals surface area contributed by atoms with Crippen molar-refractivity contribution in [1.82, 2.24) is 4.98 Å². The molecule has 0 saturated heterocycles. The molecular weight excluding hydrogens is 338 g/mol. The molecule has 0 atom stereocenters. The topological polar surface area (TPSA) is 55.7 Å². The first kappa shape index (κ1) is 16.8. The van der Waals surface area contributed by atoms with Gasteiger partial charge in [-0.2, -0.15) is 5.10 Å². The highest BCUT2D eigenvalue weighted by atomic mass is 16.5. The Morgan fingerprint density at radius 2 is 1.52 bits per heavy atom. The highest BCUT2D eigenvalue weighted by Crippen LogP contribution is 2.30. The zero-order chi connectivity index (χ0) is 18.6. The van der Waals surface area contributed by atoms with Crippen molar-refractivity contribution in [3.8, 4) is 11.5 Å². The van der Waals surface area contributed by atoms with Crippen molar-refractivity contribution in [3.05, 3.63) is 72.3 Å². The predicted molar refractivity (Wildman–Crippen MR) is 110 cm³/mol. The number of nitrogens with zero attached hydrogens (tertiary/aromatic N) is 2. The maximum atomic E-state index is 5.40. The minimum Gasteiger partial charge on any atom is -0.497 e. The summed E-state index contributed by atoms with van der Waals surface area (Å²) >= 11 is 0. The number of para-hydroxylation sites is 2. The molecule has 0 bridgehead atoms. The van der Waals surface area contributed by atoms with E-state index in [1.54, 1.807) is 20.4 Å². The normalized spacial score (nSPS) is 11.2. The summed E-state index contributed by atoms with van der Waals surface area (Å²) in [6, 6.07) is 21.6. The first-order valence-electron chi connectivity index (χ1n) is 8.59. The van der Waals surface area contributed by atoms with Gasteiger partial charge in [-0.05, 0) is 30.3 Å². The van der Waals surface area contributed by atoms with E-state index in [0.717, 1.165) is 44.6 Å². The van der Waals surface area contributed by atoms with Gasteiger partial charge >= 0.3 is 0 Å². The Morgan fingerprint density at radius 3 is 2.15 bits per heavy atom. The quantitative estimate of drug-likeness (QED) is 0.315. The first-order chi connectivity index (χ1) is 13.3. The summed E-state index contributed by atoms with van der Waals surface area (Å²) < 4.78 is 10.7.